The first-order chi connectivity index (χ1) is 12.8. The molecule has 26 heavy (non-hydrogen) atoms. The second-order valence-corrected chi connectivity index (χ2v) is 7.31. The van der Waals surface area contributed by atoms with E-state index in [4.69, 9.17) is 4.74 Å². The summed E-state index contributed by atoms with van der Waals surface area (Å²) in [5.41, 5.74) is 1.17. The Morgan fingerprint density at radius 3 is 2.27 bits per heavy atom. The van der Waals surface area contributed by atoms with Gasteiger partial charge in [0, 0.05) is 39.3 Å². The maximum atomic E-state index is 12.7. The molecule has 5 nitrogen and oxygen atoms in total. The molecule has 2 heterocycles. The van der Waals surface area contributed by atoms with E-state index in [1.54, 1.807) is 0 Å². The van der Waals surface area contributed by atoms with Gasteiger partial charge in [0.25, 0.3) is 0 Å². The molecule has 5 heteroatoms. The molecular weight excluding hydrogens is 326 g/mol. The quantitative estimate of drug-likeness (QED) is 0.810. The van der Waals surface area contributed by atoms with Crippen molar-refractivity contribution in [2.24, 2.45) is 0 Å². The van der Waals surface area contributed by atoms with Crippen LogP contribution in [0.4, 0.5) is 5.69 Å². The van der Waals surface area contributed by atoms with Crippen LogP contribution in [0.5, 0.6) is 5.75 Å². The molecule has 0 aliphatic carbocycles. The molecule has 2 aliphatic rings. The SMILES string of the molecule is CCOc1ccccc1N1CCN(CC(=O)N2CCCCCCC2)CC1. The summed E-state index contributed by atoms with van der Waals surface area (Å²) in [7, 11) is 0. The zero-order valence-electron chi connectivity index (χ0n) is 16.2. The molecule has 1 aromatic carbocycles. The lowest BCUT2D eigenvalue weighted by Crippen LogP contribution is -2.50. The molecule has 0 N–H and O–H groups in total. The van der Waals surface area contributed by atoms with Crippen LogP contribution in [-0.4, -0.2) is 68.1 Å². The van der Waals surface area contributed by atoms with Gasteiger partial charge < -0.3 is 14.5 Å². The first-order valence-electron chi connectivity index (χ1n) is 10.2. The van der Waals surface area contributed by atoms with Crippen molar-refractivity contribution in [1.29, 1.82) is 0 Å². The van der Waals surface area contributed by atoms with Crippen molar-refractivity contribution in [3.63, 3.8) is 0 Å². The monoisotopic (exact) mass is 359 g/mol. The highest BCUT2D eigenvalue weighted by Gasteiger charge is 2.23. The van der Waals surface area contributed by atoms with Gasteiger partial charge in [0.1, 0.15) is 5.75 Å². The summed E-state index contributed by atoms with van der Waals surface area (Å²) in [6.45, 7) is 8.91. The summed E-state index contributed by atoms with van der Waals surface area (Å²) >= 11 is 0. The zero-order chi connectivity index (χ0) is 18.2. The fraction of sp³-hybridized carbons (Fsp3) is 0.667. The molecule has 0 unspecified atom stereocenters. The van der Waals surface area contributed by atoms with Crippen LogP contribution in [0, 0.1) is 0 Å². The number of rotatable bonds is 5. The molecule has 2 fully saturated rings. The number of amides is 1. The van der Waals surface area contributed by atoms with Crippen LogP contribution < -0.4 is 9.64 Å². The van der Waals surface area contributed by atoms with Gasteiger partial charge in [0.2, 0.25) is 5.91 Å². The number of piperazine rings is 1. The van der Waals surface area contributed by atoms with Crippen molar-refractivity contribution in [2.75, 3.05) is 57.3 Å². The molecule has 0 bridgehead atoms. The Labute approximate surface area is 157 Å². The lowest BCUT2D eigenvalue weighted by atomic mass is 10.1. The Balaban J connectivity index is 1.50. The molecule has 2 aliphatic heterocycles. The van der Waals surface area contributed by atoms with E-state index < -0.39 is 0 Å². The molecule has 144 valence electrons. The number of hydrogen-bond acceptors (Lipinski definition) is 4. The first-order valence-corrected chi connectivity index (χ1v) is 10.2. The first kappa shape index (κ1) is 19.0. The maximum absolute atomic E-state index is 12.7. The highest BCUT2D eigenvalue weighted by molar-refractivity contribution is 5.78. The maximum Gasteiger partial charge on any atom is 0.236 e. The zero-order valence-corrected chi connectivity index (χ0v) is 16.2. The van der Waals surface area contributed by atoms with Gasteiger partial charge in [0.15, 0.2) is 0 Å². The minimum absolute atomic E-state index is 0.315. The van der Waals surface area contributed by atoms with Gasteiger partial charge in [-0.25, -0.2) is 0 Å². The molecule has 1 aromatic rings. The predicted molar refractivity (Wildman–Crippen MR) is 106 cm³/mol. The van der Waals surface area contributed by atoms with Crippen LogP contribution in [0.25, 0.3) is 0 Å². The van der Waals surface area contributed by atoms with E-state index in [-0.39, 0.29) is 0 Å². The van der Waals surface area contributed by atoms with Crippen LogP contribution in [-0.2, 0) is 4.79 Å². The standard InChI is InChI=1S/C21H33N3O2/c1-2-26-20-11-7-6-10-19(20)23-16-14-22(15-17-23)18-21(25)24-12-8-4-3-5-9-13-24/h6-7,10-11H,2-5,8-9,12-18H2,1H3. The predicted octanol–water partition coefficient (Wildman–Crippen LogP) is 3.00. The minimum atomic E-state index is 0.315. The molecule has 0 spiro atoms. The van der Waals surface area contributed by atoms with Gasteiger partial charge >= 0.3 is 0 Å². The molecule has 0 aromatic heterocycles. The number of nitrogens with zero attached hydrogens (tertiary/aromatic N) is 3. The number of hydrogen-bond donors (Lipinski definition) is 0. The van der Waals surface area contributed by atoms with Crippen LogP contribution in [0.15, 0.2) is 24.3 Å². The number of para-hydroxylation sites is 2. The number of likely N-dealkylation sites (tertiary alicyclic amines) is 1. The van der Waals surface area contributed by atoms with E-state index in [1.807, 2.05) is 19.1 Å². The smallest absolute Gasteiger partial charge is 0.236 e. The Bertz CT molecular complexity index is 562. The highest BCUT2D eigenvalue weighted by Crippen LogP contribution is 2.28. The van der Waals surface area contributed by atoms with E-state index in [2.05, 4.69) is 26.8 Å². The van der Waals surface area contributed by atoms with Crippen molar-refractivity contribution in [3.8, 4) is 5.75 Å². The number of carbonyl (C=O) groups excluding carboxylic acids is 1. The average Bonchev–Trinajstić information content (AvgIpc) is 2.63. The summed E-state index contributed by atoms with van der Waals surface area (Å²) < 4.78 is 5.77. The number of benzene rings is 1. The van der Waals surface area contributed by atoms with Crippen molar-refractivity contribution in [2.45, 2.75) is 39.0 Å². The van der Waals surface area contributed by atoms with E-state index in [1.165, 1.54) is 24.9 Å². The Hall–Kier alpha value is -1.75. The Kier molecular flexibility index (Phi) is 7.18. The van der Waals surface area contributed by atoms with E-state index in [9.17, 15) is 4.79 Å². The average molecular weight is 360 g/mol. The third-order valence-corrected chi connectivity index (χ3v) is 5.45. The molecule has 0 saturated carbocycles. The van der Waals surface area contributed by atoms with Crippen molar-refractivity contribution in [3.05, 3.63) is 24.3 Å². The van der Waals surface area contributed by atoms with Crippen molar-refractivity contribution < 1.29 is 9.53 Å². The fourth-order valence-corrected chi connectivity index (χ4v) is 3.93. The number of carbonyl (C=O) groups is 1. The van der Waals surface area contributed by atoms with E-state index >= 15 is 0 Å². The van der Waals surface area contributed by atoms with Crippen LogP contribution in [0.3, 0.4) is 0 Å². The molecule has 0 radical (unpaired) electrons. The van der Waals surface area contributed by atoms with Crippen LogP contribution in [0.1, 0.15) is 39.0 Å². The topological polar surface area (TPSA) is 36.0 Å². The summed E-state index contributed by atoms with van der Waals surface area (Å²) in [4.78, 5) is 19.4. The van der Waals surface area contributed by atoms with Gasteiger partial charge in [-0.2, -0.15) is 0 Å². The van der Waals surface area contributed by atoms with Gasteiger partial charge in [0.05, 0.1) is 18.8 Å². The fourth-order valence-electron chi connectivity index (χ4n) is 3.93. The largest absolute Gasteiger partial charge is 0.492 e. The van der Waals surface area contributed by atoms with E-state index in [0.29, 0.717) is 19.1 Å². The highest BCUT2D eigenvalue weighted by atomic mass is 16.5. The van der Waals surface area contributed by atoms with Crippen LogP contribution in [0.2, 0.25) is 0 Å². The minimum Gasteiger partial charge on any atom is -0.492 e. The molecule has 3 rings (SSSR count). The van der Waals surface area contributed by atoms with Gasteiger partial charge in [-0.05, 0) is 31.9 Å². The molecule has 1 amide bonds. The normalized spacial score (nSPS) is 19.7. The number of ether oxygens (including phenoxy) is 1. The Morgan fingerprint density at radius 2 is 1.58 bits per heavy atom. The van der Waals surface area contributed by atoms with Crippen molar-refractivity contribution >= 4 is 11.6 Å². The van der Waals surface area contributed by atoms with Gasteiger partial charge in [-0.1, -0.05) is 31.4 Å². The summed E-state index contributed by atoms with van der Waals surface area (Å²) in [6, 6.07) is 8.26. The van der Waals surface area contributed by atoms with E-state index in [0.717, 1.165) is 57.9 Å². The second-order valence-electron chi connectivity index (χ2n) is 7.31. The van der Waals surface area contributed by atoms with Gasteiger partial charge in [-0.15, -0.1) is 0 Å². The van der Waals surface area contributed by atoms with Crippen molar-refractivity contribution in [1.82, 2.24) is 9.80 Å². The molecular formula is C21H33N3O2. The number of anilines is 1. The van der Waals surface area contributed by atoms with Gasteiger partial charge in [-0.3, -0.25) is 9.69 Å². The summed E-state index contributed by atoms with van der Waals surface area (Å²) in [6.07, 6.45) is 6.18. The second kappa shape index (κ2) is 9.81. The Morgan fingerprint density at radius 1 is 0.923 bits per heavy atom. The molecule has 2 saturated heterocycles. The molecule has 0 atom stereocenters. The third-order valence-electron chi connectivity index (χ3n) is 5.45. The lowest BCUT2D eigenvalue weighted by molar-refractivity contribution is -0.132. The summed E-state index contributed by atoms with van der Waals surface area (Å²) in [5, 5.41) is 0. The van der Waals surface area contributed by atoms with Crippen LogP contribution >= 0.6 is 0 Å². The summed E-state index contributed by atoms with van der Waals surface area (Å²) in [5.74, 6) is 1.27. The lowest BCUT2D eigenvalue weighted by Gasteiger charge is -2.37. The third kappa shape index (κ3) is 5.13.